The van der Waals surface area contributed by atoms with Crippen LogP contribution in [0.5, 0.6) is 0 Å². The van der Waals surface area contributed by atoms with Gasteiger partial charge in [0.1, 0.15) is 6.54 Å². The number of nitrogens with one attached hydrogen (secondary N) is 1. The van der Waals surface area contributed by atoms with Crippen molar-refractivity contribution >= 4 is 17.3 Å². The molecule has 8 nitrogen and oxygen atoms in total. The van der Waals surface area contributed by atoms with Gasteiger partial charge in [-0.05, 0) is 64.1 Å². The molecule has 0 bridgehead atoms. The summed E-state index contributed by atoms with van der Waals surface area (Å²) in [6.07, 6.45) is 0. The molecule has 0 fully saturated rings. The highest BCUT2D eigenvalue weighted by Gasteiger charge is 2.11. The molecule has 8 heteroatoms. The number of benzene rings is 1. The van der Waals surface area contributed by atoms with Crippen LogP contribution in [0.15, 0.2) is 47.3 Å². The fraction of sp³-hybridized carbons (Fsp3) is 0.333. The molecule has 0 aliphatic heterocycles. The SMILES string of the molecule is CCN(CC)c1ccc(NC(=O)Cn2nc(-n3nc(C)cc3C)ccc2=O)cc1. The van der Waals surface area contributed by atoms with Crippen LogP contribution < -0.4 is 15.8 Å². The summed E-state index contributed by atoms with van der Waals surface area (Å²) >= 11 is 0. The van der Waals surface area contributed by atoms with Crippen molar-refractivity contribution in [3.05, 3.63) is 64.2 Å². The van der Waals surface area contributed by atoms with Gasteiger partial charge in [0.05, 0.1) is 5.69 Å². The molecule has 0 saturated carbocycles. The van der Waals surface area contributed by atoms with Crippen molar-refractivity contribution in [2.45, 2.75) is 34.2 Å². The first-order valence-corrected chi connectivity index (χ1v) is 9.68. The molecule has 0 saturated heterocycles. The van der Waals surface area contributed by atoms with Crippen LogP contribution in [0.3, 0.4) is 0 Å². The van der Waals surface area contributed by atoms with Gasteiger partial charge in [0.25, 0.3) is 5.56 Å². The fourth-order valence-electron chi connectivity index (χ4n) is 3.21. The van der Waals surface area contributed by atoms with E-state index in [9.17, 15) is 9.59 Å². The molecule has 3 aromatic rings. The predicted molar refractivity (Wildman–Crippen MR) is 114 cm³/mol. The van der Waals surface area contributed by atoms with Crippen LogP contribution in [0.25, 0.3) is 5.82 Å². The molecule has 152 valence electrons. The number of nitrogens with zero attached hydrogens (tertiary/aromatic N) is 5. The third-order valence-electron chi connectivity index (χ3n) is 4.65. The Morgan fingerprint density at radius 1 is 1.03 bits per heavy atom. The third kappa shape index (κ3) is 4.71. The number of carbonyl (C=O) groups excluding carboxylic acids is 1. The number of aryl methyl sites for hydroxylation is 2. The van der Waals surface area contributed by atoms with E-state index in [0.717, 1.165) is 34.8 Å². The van der Waals surface area contributed by atoms with E-state index in [4.69, 9.17) is 0 Å². The van der Waals surface area contributed by atoms with E-state index in [0.29, 0.717) is 11.5 Å². The van der Waals surface area contributed by atoms with E-state index in [1.807, 2.05) is 44.2 Å². The first-order chi connectivity index (χ1) is 13.9. The maximum absolute atomic E-state index is 12.4. The van der Waals surface area contributed by atoms with Gasteiger partial charge in [-0.2, -0.15) is 5.10 Å². The van der Waals surface area contributed by atoms with Gasteiger partial charge in [-0.3, -0.25) is 9.59 Å². The van der Waals surface area contributed by atoms with Crippen LogP contribution in [0.1, 0.15) is 25.2 Å². The molecule has 3 rings (SSSR count). The Kier molecular flexibility index (Phi) is 6.11. The third-order valence-corrected chi connectivity index (χ3v) is 4.65. The minimum absolute atomic E-state index is 0.177. The van der Waals surface area contributed by atoms with Gasteiger partial charge in [-0.25, -0.2) is 9.36 Å². The van der Waals surface area contributed by atoms with Gasteiger partial charge in [0.15, 0.2) is 5.82 Å². The summed E-state index contributed by atoms with van der Waals surface area (Å²) in [5, 5.41) is 11.5. The summed E-state index contributed by atoms with van der Waals surface area (Å²) < 4.78 is 2.79. The Balaban J connectivity index is 1.73. The topological polar surface area (TPSA) is 85.1 Å². The molecule has 2 heterocycles. The molecule has 0 aliphatic rings. The first-order valence-electron chi connectivity index (χ1n) is 9.68. The summed E-state index contributed by atoms with van der Waals surface area (Å²) in [7, 11) is 0. The van der Waals surface area contributed by atoms with E-state index in [2.05, 4.69) is 34.3 Å². The van der Waals surface area contributed by atoms with Crippen LogP contribution in [-0.4, -0.2) is 38.6 Å². The number of aromatic nitrogens is 4. The van der Waals surface area contributed by atoms with Crippen LogP contribution in [0.4, 0.5) is 11.4 Å². The highest BCUT2D eigenvalue weighted by molar-refractivity contribution is 5.90. The molecule has 0 spiro atoms. The number of hydrogen-bond donors (Lipinski definition) is 1. The minimum atomic E-state index is -0.345. The highest BCUT2D eigenvalue weighted by atomic mass is 16.2. The largest absolute Gasteiger partial charge is 0.372 e. The lowest BCUT2D eigenvalue weighted by Gasteiger charge is -2.21. The number of hydrogen-bond acceptors (Lipinski definition) is 5. The van der Waals surface area contributed by atoms with Gasteiger partial charge in [-0.15, -0.1) is 5.10 Å². The summed E-state index contributed by atoms with van der Waals surface area (Å²) in [6.45, 7) is 9.66. The number of rotatable bonds is 7. The molecular formula is C21H26N6O2. The maximum Gasteiger partial charge on any atom is 0.267 e. The second-order valence-electron chi connectivity index (χ2n) is 6.79. The molecule has 1 aromatic carbocycles. The van der Waals surface area contributed by atoms with Crippen molar-refractivity contribution in [2.75, 3.05) is 23.3 Å². The summed E-state index contributed by atoms with van der Waals surface area (Å²) in [4.78, 5) is 26.8. The summed E-state index contributed by atoms with van der Waals surface area (Å²) in [5.41, 5.74) is 3.19. The van der Waals surface area contributed by atoms with Crippen LogP contribution >= 0.6 is 0 Å². The second kappa shape index (κ2) is 8.72. The van der Waals surface area contributed by atoms with Gasteiger partial charge in [-0.1, -0.05) is 0 Å². The van der Waals surface area contributed by atoms with E-state index in [1.165, 1.54) is 6.07 Å². The van der Waals surface area contributed by atoms with Crippen molar-refractivity contribution in [1.82, 2.24) is 19.6 Å². The standard InChI is InChI=1S/C21H26N6O2/c1-5-25(6-2)18-9-7-17(8-10-18)22-20(28)14-26-21(29)12-11-19(24-26)27-16(4)13-15(3)23-27/h7-13H,5-6,14H2,1-4H3,(H,22,28). The van der Waals surface area contributed by atoms with Crippen LogP contribution in [0.2, 0.25) is 0 Å². The Morgan fingerprint density at radius 3 is 2.31 bits per heavy atom. The van der Waals surface area contributed by atoms with E-state index < -0.39 is 0 Å². The average Bonchev–Trinajstić information content (AvgIpc) is 3.04. The number of anilines is 2. The van der Waals surface area contributed by atoms with Crippen LogP contribution in [-0.2, 0) is 11.3 Å². The second-order valence-corrected chi connectivity index (χ2v) is 6.79. The molecule has 0 atom stereocenters. The molecule has 1 N–H and O–H groups in total. The molecule has 29 heavy (non-hydrogen) atoms. The van der Waals surface area contributed by atoms with Gasteiger partial charge < -0.3 is 10.2 Å². The Bertz CT molecular complexity index is 1050. The predicted octanol–water partition coefficient (Wildman–Crippen LogP) is 2.53. The van der Waals surface area contributed by atoms with E-state index in [1.54, 1.807) is 10.7 Å². The van der Waals surface area contributed by atoms with Crippen molar-refractivity contribution in [3.63, 3.8) is 0 Å². The van der Waals surface area contributed by atoms with E-state index in [-0.39, 0.29) is 18.0 Å². The van der Waals surface area contributed by atoms with Crippen LogP contribution in [0, 0.1) is 13.8 Å². The van der Waals surface area contributed by atoms with E-state index >= 15 is 0 Å². The molecule has 2 aromatic heterocycles. The lowest BCUT2D eigenvalue weighted by Crippen LogP contribution is -2.30. The van der Waals surface area contributed by atoms with Crippen molar-refractivity contribution in [2.24, 2.45) is 0 Å². The lowest BCUT2D eigenvalue weighted by atomic mass is 10.2. The molecule has 1 amide bonds. The van der Waals surface area contributed by atoms with Gasteiger partial charge in [0.2, 0.25) is 5.91 Å². The zero-order valence-electron chi connectivity index (χ0n) is 17.2. The maximum atomic E-state index is 12.4. The molecule has 0 unspecified atom stereocenters. The zero-order chi connectivity index (χ0) is 21.0. The number of carbonyl (C=O) groups is 1. The van der Waals surface area contributed by atoms with Crippen molar-refractivity contribution < 1.29 is 4.79 Å². The molecule has 0 radical (unpaired) electrons. The summed E-state index contributed by atoms with van der Waals surface area (Å²) in [5.74, 6) is 0.173. The summed E-state index contributed by atoms with van der Waals surface area (Å²) in [6, 6.07) is 12.6. The Labute approximate surface area is 169 Å². The average molecular weight is 394 g/mol. The normalized spacial score (nSPS) is 10.8. The molecule has 0 aliphatic carbocycles. The number of amides is 1. The Hall–Kier alpha value is -3.42. The van der Waals surface area contributed by atoms with Gasteiger partial charge >= 0.3 is 0 Å². The lowest BCUT2D eigenvalue weighted by molar-refractivity contribution is -0.117. The van der Waals surface area contributed by atoms with Crippen molar-refractivity contribution in [3.8, 4) is 5.82 Å². The fourth-order valence-corrected chi connectivity index (χ4v) is 3.21. The van der Waals surface area contributed by atoms with Crippen molar-refractivity contribution in [1.29, 1.82) is 0 Å². The highest BCUT2D eigenvalue weighted by Crippen LogP contribution is 2.17. The monoisotopic (exact) mass is 394 g/mol. The quantitative estimate of drug-likeness (QED) is 0.666. The first kappa shape index (κ1) is 20.3. The minimum Gasteiger partial charge on any atom is -0.372 e. The molecular weight excluding hydrogens is 368 g/mol. The Morgan fingerprint density at radius 2 is 1.72 bits per heavy atom. The zero-order valence-corrected chi connectivity index (χ0v) is 17.2. The smallest absolute Gasteiger partial charge is 0.267 e. The van der Waals surface area contributed by atoms with Gasteiger partial charge in [0, 0.05) is 36.2 Å².